The standard InChI is InChI=1S/C12H11N3OS2/c1-6-3-9(13)18-10(6)12-14-11(15-16-12)8-5-17-4-7(8)2/h3-5H,13H2,1-2H3. The summed E-state index contributed by atoms with van der Waals surface area (Å²) in [6, 6.07) is 1.92. The van der Waals surface area contributed by atoms with Crippen LogP contribution in [0.4, 0.5) is 5.00 Å². The molecule has 0 bridgehead atoms. The zero-order chi connectivity index (χ0) is 12.7. The lowest BCUT2D eigenvalue weighted by Gasteiger charge is -1.90. The van der Waals surface area contributed by atoms with E-state index in [0.29, 0.717) is 11.7 Å². The van der Waals surface area contributed by atoms with Crippen molar-refractivity contribution >= 4 is 27.7 Å². The van der Waals surface area contributed by atoms with Gasteiger partial charge in [-0.25, -0.2) is 0 Å². The Labute approximate surface area is 112 Å². The van der Waals surface area contributed by atoms with Gasteiger partial charge in [0.25, 0.3) is 5.89 Å². The second-order valence-corrected chi connectivity index (χ2v) is 5.88. The lowest BCUT2D eigenvalue weighted by Crippen LogP contribution is -1.80. The van der Waals surface area contributed by atoms with E-state index in [-0.39, 0.29) is 0 Å². The molecule has 3 aromatic rings. The van der Waals surface area contributed by atoms with Gasteiger partial charge in [0.15, 0.2) is 0 Å². The topological polar surface area (TPSA) is 64.9 Å². The molecule has 0 unspecified atom stereocenters. The number of nitrogen functional groups attached to an aromatic ring is 1. The van der Waals surface area contributed by atoms with Gasteiger partial charge in [-0.1, -0.05) is 5.16 Å². The van der Waals surface area contributed by atoms with Gasteiger partial charge in [-0.15, -0.1) is 11.3 Å². The highest BCUT2D eigenvalue weighted by atomic mass is 32.1. The van der Waals surface area contributed by atoms with Gasteiger partial charge in [-0.05, 0) is 36.4 Å². The molecule has 0 atom stereocenters. The lowest BCUT2D eigenvalue weighted by atomic mass is 10.2. The number of anilines is 1. The van der Waals surface area contributed by atoms with Crippen LogP contribution >= 0.6 is 22.7 Å². The maximum absolute atomic E-state index is 5.77. The molecule has 0 fully saturated rings. The predicted molar refractivity (Wildman–Crippen MR) is 74.8 cm³/mol. The average Bonchev–Trinajstić information content (AvgIpc) is 2.98. The van der Waals surface area contributed by atoms with Gasteiger partial charge in [-0.2, -0.15) is 16.3 Å². The predicted octanol–water partition coefficient (Wildman–Crippen LogP) is 3.73. The van der Waals surface area contributed by atoms with Crippen molar-refractivity contribution in [1.29, 1.82) is 0 Å². The minimum atomic E-state index is 0.537. The van der Waals surface area contributed by atoms with Crippen LogP contribution in [-0.2, 0) is 0 Å². The van der Waals surface area contributed by atoms with Crippen LogP contribution in [0, 0.1) is 13.8 Å². The van der Waals surface area contributed by atoms with Gasteiger partial charge >= 0.3 is 0 Å². The van der Waals surface area contributed by atoms with Crippen molar-refractivity contribution in [3.8, 4) is 22.2 Å². The molecule has 92 valence electrons. The van der Waals surface area contributed by atoms with Crippen molar-refractivity contribution < 1.29 is 4.52 Å². The Morgan fingerprint density at radius 2 is 2.06 bits per heavy atom. The van der Waals surface area contributed by atoms with Crippen LogP contribution in [-0.4, -0.2) is 10.1 Å². The normalized spacial score (nSPS) is 11.0. The summed E-state index contributed by atoms with van der Waals surface area (Å²) >= 11 is 3.10. The van der Waals surface area contributed by atoms with Crippen LogP contribution in [0.1, 0.15) is 11.1 Å². The lowest BCUT2D eigenvalue weighted by molar-refractivity contribution is 0.433. The van der Waals surface area contributed by atoms with E-state index in [2.05, 4.69) is 15.5 Å². The van der Waals surface area contributed by atoms with Crippen LogP contribution in [0.2, 0.25) is 0 Å². The van der Waals surface area contributed by atoms with E-state index in [1.807, 2.05) is 25.3 Å². The zero-order valence-electron chi connectivity index (χ0n) is 9.93. The number of aryl methyl sites for hydroxylation is 2. The fraction of sp³-hybridized carbons (Fsp3) is 0.167. The number of nitrogens with zero attached hydrogens (tertiary/aromatic N) is 2. The van der Waals surface area contributed by atoms with E-state index in [0.717, 1.165) is 26.6 Å². The summed E-state index contributed by atoms with van der Waals surface area (Å²) in [6.07, 6.45) is 0. The molecule has 6 heteroatoms. The fourth-order valence-corrected chi connectivity index (χ4v) is 3.42. The van der Waals surface area contributed by atoms with Crippen molar-refractivity contribution in [2.45, 2.75) is 13.8 Å². The number of thiophene rings is 2. The molecule has 3 heterocycles. The third-order valence-electron chi connectivity index (χ3n) is 2.65. The monoisotopic (exact) mass is 277 g/mol. The van der Waals surface area contributed by atoms with Gasteiger partial charge in [0.05, 0.1) is 9.88 Å². The quantitative estimate of drug-likeness (QED) is 0.775. The molecule has 0 aliphatic rings. The van der Waals surface area contributed by atoms with Crippen LogP contribution < -0.4 is 5.73 Å². The summed E-state index contributed by atoms with van der Waals surface area (Å²) in [5.74, 6) is 1.17. The van der Waals surface area contributed by atoms with Crippen molar-refractivity contribution in [1.82, 2.24) is 10.1 Å². The number of hydrogen-bond donors (Lipinski definition) is 1. The Morgan fingerprint density at radius 1 is 1.22 bits per heavy atom. The summed E-state index contributed by atoms with van der Waals surface area (Å²) in [7, 11) is 0. The molecule has 0 amide bonds. The molecule has 0 saturated carbocycles. The molecule has 2 N–H and O–H groups in total. The molecule has 0 radical (unpaired) electrons. The largest absolute Gasteiger partial charge is 0.391 e. The highest BCUT2D eigenvalue weighted by Crippen LogP contribution is 2.34. The van der Waals surface area contributed by atoms with E-state index in [1.165, 1.54) is 11.3 Å². The molecule has 3 aromatic heterocycles. The third kappa shape index (κ3) is 1.83. The molecule has 0 aromatic carbocycles. The Morgan fingerprint density at radius 3 is 2.67 bits per heavy atom. The summed E-state index contributed by atoms with van der Waals surface area (Å²) in [5.41, 5.74) is 9.02. The Kier molecular flexibility index (Phi) is 2.68. The van der Waals surface area contributed by atoms with Crippen molar-refractivity contribution in [3.63, 3.8) is 0 Å². The van der Waals surface area contributed by atoms with E-state index in [1.54, 1.807) is 11.3 Å². The van der Waals surface area contributed by atoms with E-state index in [9.17, 15) is 0 Å². The molecule has 0 aliphatic heterocycles. The van der Waals surface area contributed by atoms with E-state index < -0.39 is 0 Å². The highest BCUT2D eigenvalue weighted by Gasteiger charge is 2.16. The molecule has 18 heavy (non-hydrogen) atoms. The molecule has 3 rings (SSSR count). The van der Waals surface area contributed by atoms with Crippen LogP contribution in [0.3, 0.4) is 0 Å². The van der Waals surface area contributed by atoms with Gasteiger partial charge in [0.2, 0.25) is 5.82 Å². The molecule has 4 nitrogen and oxygen atoms in total. The third-order valence-corrected chi connectivity index (χ3v) is 4.57. The van der Waals surface area contributed by atoms with E-state index >= 15 is 0 Å². The maximum Gasteiger partial charge on any atom is 0.268 e. The Bertz CT molecular complexity index is 696. The summed E-state index contributed by atoms with van der Waals surface area (Å²) < 4.78 is 5.32. The average molecular weight is 277 g/mol. The SMILES string of the molecule is Cc1cscc1-c1noc(-c2sc(N)cc2C)n1. The Balaban J connectivity index is 2.05. The molecular formula is C12H11N3OS2. The second-order valence-electron chi connectivity index (χ2n) is 4.05. The van der Waals surface area contributed by atoms with Gasteiger partial charge in [0.1, 0.15) is 0 Å². The van der Waals surface area contributed by atoms with Crippen molar-refractivity contribution in [2.75, 3.05) is 5.73 Å². The fourth-order valence-electron chi connectivity index (χ4n) is 1.73. The number of rotatable bonds is 2. The first kappa shape index (κ1) is 11.4. The first-order chi connectivity index (χ1) is 8.65. The van der Waals surface area contributed by atoms with E-state index in [4.69, 9.17) is 10.3 Å². The van der Waals surface area contributed by atoms with Gasteiger partial charge in [0, 0.05) is 10.9 Å². The van der Waals surface area contributed by atoms with Crippen molar-refractivity contribution in [2.24, 2.45) is 0 Å². The summed E-state index contributed by atoms with van der Waals surface area (Å²) in [4.78, 5) is 5.39. The minimum Gasteiger partial charge on any atom is -0.391 e. The number of nitrogens with two attached hydrogens (primary N) is 1. The zero-order valence-corrected chi connectivity index (χ0v) is 11.6. The van der Waals surface area contributed by atoms with Crippen LogP contribution in [0.15, 0.2) is 21.3 Å². The summed E-state index contributed by atoms with van der Waals surface area (Å²) in [5, 5.41) is 8.89. The number of hydrogen-bond acceptors (Lipinski definition) is 6. The molecular weight excluding hydrogens is 266 g/mol. The molecule has 0 spiro atoms. The highest BCUT2D eigenvalue weighted by molar-refractivity contribution is 7.19. The molecule has 0 aliphatic carbocycles. The molecule has 0 saturated heterocycles. The van der Waals surface area contributed by atoms with Gasteiger partial charge in [-0.3, -0.25) is 0 Å². The van der Waals surface area contributed by atoms with Crippen LogP contribution in [0.5, 0.6) is 0 Å². The first-order valence-electron chi connectivity index (χ1n) is 5.38. The smallest absolute Gasteiger partial charge is 0.268 e. The van der Waals surface area contributed by atoms with Gasteiger partial charge < -0.3 is 10.3 Å². The Hall–Kier alpha value is -1.66. The second kappa shape index (κ2) is 4.22. The van der Waals surface area contributed by atoms with Crippen molar-refractivity contribution in [3.05, 3.63) is 28.0 Å². The van der Waals surface area contributed by atoms with Crippen LogP contribution in [0.25, 0.3) is 22.2 Å². The first-order valence-corrected chi connectivity index (χ1v) is 7.14. The summed E-state index contributed by atoms with van der Waals surface area (Å²) in [6.45, 7) is 4.03. The minimum absolute atomic E-state index is 0.537. The number of aromatic nitrogens is 2. The maximum atomic E-state index is 5.77.